The summed E-state index contributed by atoms with van der Waals surface area (Å²) in [5.41, 5.74) is 1.94. The summed E-state index contributed by atoms with van der Waals surface area (Å²) >= 11 is 1.71. The van der Waals surface area contributed by atoms with Crippen molar-refractivity contribution in [1.82, 2.24) is 4.90 Å². The van der Waals surface area contributed by atoms with E-state index in [-0.39, 0.29) is 22.7 Å². The number of carbonyl (C=O) groups excluding carboxylic acids is 2. The van der Waals surface area contributed by atoms with Gasteiger partial charge in [-0.3, -0.25) is 9.59 Å². The largest absolute Gasteiger partial charge is 0.324 e. The number of aryl methyl sites for hydroxylation is 1. The number of hydrogen-bond acceptors (Lipinski definition) is 3. The molecule has 2 amide bonds. The topological polar surface area (TPSA) is 49.4 Å². The number of anilines is 1. The molecule has 106 valence electrons. The van der Waals surface area contributed by atoms with Gasteiger partial charge in [0.25, 0.3) is 0 Å². The summed E-state index contributed by atoms with van der Waals surface area (Å²) in [4.78, 5) is 26.0. The van der Waals surface area contributed by atoms with Crippen molar-refractivity contribution in [2.24, 2.45) is 0 Å². The molecule has 2 atom stereocenters. The van der Waals surface area contributed by atoms with Gasteiger partial charge < -0.3 is 10.2 Å². The van der Waals surface area contributed by atoms with Gasteiger partial charge in [-0.1, -0.05) is 17.7 Å². The van der Waals surface area contributed by atoms with Crippen LogP contribution in [0.1, 0.15) is 25.3 Å². The molecule has 2 aliphatic heterocycles. The molecule has 2 aliphatic rings. The maximum atomic E-state index is 12.4. The number of rotatable bonds is 2. The predicted molar refractivity (Wildman–Crippen MR) is 80.5 cm³/mol. The Hall–Kier alpha value is -1.49. The predicted octanol–water partition coefficient (Wildman–Crippen LogP) is 2.39. The van der Waals surface area contributed by atoms with Crippen LogP contribution in [-0.2, 0) is 9.59 Å². The molecule has 0 aliphatic carbocycles. The van der Waals surface area contributed by atoms with Gasteiger partial charge in [0.15, 0.2) is 0 Å². The normalized spacial score (nSPS) is 28.6. The van der Waals surface area contributed by atoms with Crippen LogP contribution in [0.2, 0.25) is 0 Å². The number of amides is 2. The Balaban J connectivity index is 1.75. The summed E-state index contributed by atoms with van der Waals surface area (Å²) in [7, 11) is 0. The van der Waals surface area contributed by atoms with Crippen LogP contribution < -0.4 is 5.32 Å². The summed E-state index contributed by atoms with van der Waals surface area (Å²) in [5, 5.41) is 2.92. The van der Waals surface area contributed by atoms with Crippen LogP contribution in [-0.4, -0.2) is 33.4 Å². The van der Waals surface area contributed by atoms with E-state index in [0.29, 0.717) is 12.2 Å². The SMILES string of the molecule is Cc1ccc(NC(=O)[C@@H]2CS[C@@]3(C)CCC(=O)N23)cc1. The lowest BCUT2D eigenvalue weighted by Gasteiger charge is -2.29. The zero-order valence-corrected chi connectivity index (χ0v) is 12.5. The van der Waals surface area contributed by atoms with Crippen molar-refractivity contribution in [2.45, 2.75) is 37.6 Å². The Bertz CT molecular complexity index is 557. The molecular formula is C15H18N2O2S. The molecule has 0 bridgehead atoms. The highest BCUT2D eigenvalue weighted by molar-refractivity contribution is 8.01. The van der Waals surface area contributed by atoms with E-state index < -0.39 is 0 Å². The highest BCUT2D eigenvalue weighted by Crippen LogP contribution is 2.47. The van der Waals surface area contributed by atoms with E-state index in [2.05, 4.69) is 12.2 Å². The smallest absolute Gasteiger partial charge is 0.248 e. The van der Waals surface area contributed by atoms with Crippen LogP contribution >= 0.6 is 11.8 Å². The van der Waals surface area contributed by atoms with E-state index in [1.165, 1.54) is 0 Å². The summed E-state index contributed by atoms with van der Waals surface area (Å²) in [5.74, 6) is 0.696. The number of thioether (sulfide) groups is 1. The molecule has 0 aromatic heterocycles. The van der Waals surface area contributed by atoms with E-state index >= 15 is 0 Å². The summed E-state index contributed by atoms with van der Waals surface area (Å²) in [6.07, 6.45) is 1.39. The second-order valence-electron chi connectivity index (χ2n) is 5.62. The average molecular weight is 290 g/mol. The molecule has 5 heteroatoms. The van der Waals surface area contributed by atoms with Gasteiger partial charge in [0.1, 0.15) is 6.04 Å². The Morgan fingerprint density at radius 1 is 1.40 bits per heavy atom. The maximum Gasteiger partial charge on any atom is 0.248 e. The van der Waals surface area contributed by atoms with Gasteiger partial charge in [0.2, 0.25) is 11.8 Å². The Labute approximate surface area is 122 Å². The molecule has 4 nitrogen and oxygen atoms in total. The average Bonchev–Trinajstić information content (AvgIpc) is 2.90. The third-order valence-electron chi connectivity index (χ3n) is 4.07. The van der Waals surface area contributed by atoms with Crippen molar-refractivity contribution in [3.8, 4) is 0 Å². The number of hydrogen-bond donors (Lipinski definition) is 1. The van der Waals surface area contributed by atoms with Gasteiger partial charge >= 0.3 is 0 Å². The zero-order chi connectivity index (χ0) is 14.3. The monoisotopic (exact) mass is 290 g/mol. The zero-order valence-electron chi connectivity index (χ0n) is 11.7. The number of carbonyl (C=O) groups is 2. The first-order valence-corrected chi connectivity index (χ1v) is 7.82. The van der Waals surface area contributed by atoms with Crippen molar-refractivity contribution >= 4 is 29.3 Å². The van der Waals surface area contributed by atoms with Crippen LogP contribution in [0, 0.1) is 6.92 Å². The van der Waals surface area contributed by atoms with Gasteiger partial charge in [-0.25, -0.2) is 0 Å². The molecular weight excluding hydrogens is 272 g/mol. The molecule has 20 heavy (non-hydrogen) atoms. The van der Waals surface area contributed by atoms with E-state index in [0.717, 1.165) is 17.7 Å². The van der Waals surface area contributed by atoms with Gasteiger partial charge in [0.05, 0.1) is 4.87 Å². The first kappa shape index (κ1) is 13.5. The number of fused-ring (bicyclic) bond motifs is 1. The standard InChI is InChI=1S/C15H18N2O2S/c1-10-3-5-11(6-4-10)16-14(19)12-9-20-15(2)8-7-13(18)17(12)15/h3-6,12H,7-9H2,1-2H3,(H,16,19)/t12-,15-/m0/s1. The van der Waals surface area contributed by atoms with Gasteiger partial charge in [-0.2, -0.15) is 0 Å². The first-order valence-electron chi connectivity index (χ1n) is 6.83. The fourth-order valence-corrected chi connectivity index (χ4v) is 4.31. The Kier molecular flexibility index (Phi) is 3.24. The molecule has 2 saturated heterocycles. The molecule has 0 saturated carbocycles. The molecule has 1 N–H and O–H groups in total. The Morgan fingerprint density at radius 3 is 2.80 bits per heavy atom. The highest BCUT2D eigenvalue weighted by atomic mass is 32.2. The molecule has 1 aromatic carbocycles. The minimum atomic E-state index is -0.346. The lowest BCUT2D eigenvalue weighted by Crippen LogP contribution is -2.48. The van der Waals surface area contributed by atoms with Crippen LogP contribution in [0.5, 0.6) is 0 Å². The lowest BCUT2D eigenvalue weighted by atomic mass is 10.2. The third kappa shape index (κ3) is 2.20. The number of benzene rings is 1. The van der Waals surface area contributed by atoms with Crippen LogP contribution in [0.25, 0.3) is 0 Å². The van der Waals surface area contributed by atoms with Crippen molar-refractivity contribution < 1.29 is 9.59 Å². The van der Waals surface area contributed by atoms with Crippen LogP contribution in [0.4, 0.5) is 5.69 Å². The van der Waals surface area contributed by atoms with E-state index in [1.54, 1.807) is 16.7 Å². The van der Waals surface area contributed by atoms with Crippen molar-refractivity contribution in [3.05, 3.63) is 29.8 Å². The summed E-state index contributed by atoms with van der Waals surface area (Å²) in [6.45, 7) is 4.06. The Morgan fingerprint density at radius 2 is 2.10 bits per heavy atom. The quantitative estimate of drug-likeness (QED) is 0.910. The highest BCUT2D eigenvalue weighted by Gasteiger charge is 2.52. The lowest BCUT2D eigenvalue weighted by molar-refractivity contribution is -0.135. The minimum absolute atomic E-state index is 0.0830. The molecule has 1 aromatic rings. The van der Waals surface area contributed by atoms with Gasteiger partial charge in [-0.15, -0.1) is 11.8 Å². The summed E-state index contributed by atoms with van der Waals surface area (Å²) < 4.78 is 0. The van der Waals surface area contributed by atoms with Crippen LogP contribution in [0.3, 0.4) is 0 Å². The van der Waals surface area contributed by atoms with E-state index in [4.69, 9.17) is 0 Å². The second kappa shape index (κ2) is 4.81. The molecule has 3 rings (SSSR count). The molecule has 0 radical (unpaired) electrons. The van der Waals surface area contributed by atoms with Crippen molar-refractivity contribution in [3.63, 3.8) is 0 Å². The van der Waals surface area contributed by atoms with Crippen molar-refractivity contribution in [1.29, 1.82) is 0 Å². The van der Waals surface area contributed by atoms with Crippen LogP contribution in [0.15, 0.2) is 24.3 Å². The molecule has 0 unspecified atom stereocenters. The second-order valence-corrected chi connectivity index (χ2v) is 7.12. The fourth-order valence-electron chi connectivity index (χ4n) is 2.88. The first-order chi connectivity index (χ1) is 9.49. The molecule has 0 spiro atoms. The van der Waals surface area contributed by atoms with E-state index in [1.807, 2.05) is 31.2 Å². The van der Waals surface area contributed by atoms with Gasteiger partial charge in [0, 0.05) is 17.9 Å². The maximum absolute atomic E-state index is 12.4. The fraction of sp³-hybridized carbons (Fsp3) is 0.467. The third-order valence-corrected chi connectivity index (χ3v) is 5.57. The number of nitrogens with zero attached hydrogens (tertiary/aromatic N) is 1. The van der Waals surface area contributed by atoms with Crippen molar-refractivity contribution in [2.75, 3.05) is 11.1 Å². The minimum Gasteiger partial charge on any atom is -0.324 e. The van der Waals surface area contributed by atoms with E-state index in [9.17, 15) is 9.59 Å². The summed E-state index contributed by atoms with van der Waals surface area (Å²) in [6, 6.07) is 7.36. The molecule has 2 heterocycles. The number of nitrogens with one attached hydrogen (secondary N) is 1. The molecule has 2 fully saturated rings. The van der Waals surface area contributed by atoms with Gasteiger partial charge in [-0.05, 0) is 32.4 Å².